The molecule has 0 amide bonds. The van der Waals surface area contributed by atoms with Crippen LogP contribution in [0.15, 0.2) is 109 Å². The Morgan fingerprint density at radius 3 is 2.39 bits per heavy atom. The van der Waals surface area contributed by atoms with Gasteiger partial charge in [0.25, 0.3) is 0 Å². The van der Waals surface area contributed by atoms with Crippen LogP contribution in [-0.4, -0.2) is 48.4 Å². The quantitative estimate of drug-likeness (QED) is 0.0189. The molecule has 0 radical (unpaired) electrons. The van der Waals surface area contributed by atoms with Crippen LogP contribution in [0.1, 0.15) is 75.8 Å². The summed E-state index contributed by atoms with van der Waals surface area (Å²) in [5, 5.41) is 16.3. The van der Waals surface area contributed by atoms with Gasteiger partial charge in [0.1, 0.15) is 17.2 Å². The van der Waals surface area contributed by atoms with E-state index in [1.165, 1.54) is 11.6 Å². The van der Waals surface area contributed by atoms with Crippen molar-refractivity contribution in [2.24, 2.45) is 16.9 Å². The highest BCUT2D eigenvalue weighted by Gasteiger charge is 2.28. The minimum absolute atomic E-state index is 0.0659. The third-order valence-electron chi connectivity index (χ3n) is 10.1. The zero-order chi connectivity index (χ0) is 39.0. The van der Waals surface area contributed by atoms with Gasteiger partial charge >= 0.3 is 5.97 Å². The Kier molecular flexibility index (Phi) is 15.3. The van der Waals surface area contributed by atoms with Crippen LogP contribution in [-0.2, 0) is 16.0 Å². The third-order valence-corrected chi connectivity index (χ3v) is 11.0. The van der Waals surface area contributed by atoms with Crippen LogP contribution in [0.4, 0.5) is 5.13 Å². The molecule has 0 aliphatic heterocycles. The van der Waals surface area contributed by atoms with E-state index in [0.29, 0.717) is 31.5 Å². The summed E-state index contributed by atoms with van der Waals surface area (Å²) in [7, 11) is 0. The topological polar surface area (TPSA) is 112 Å². The second-order valence-corrected chi connectivity index (χ2v) is 15.3. The average Bonchev–Trinajstić information content (AvgIpc) is 3.65. The highest BCUT2D eigenvalue weighted by molar-refractivity contribution is 7.22. The molecule has 5 aromatic rings. The highest BCUT2D eigenvalue weighted by atomic mass is 32.1. The molecule has 9 nitrogen and oxygen atoms in total. The van der Waals surface area contributed by atoms with Gasteiger partial charge in [0, 0.05) is 17.6 Å². The van der Waals surface area contributed by atoms with Gasteiger partial charge in [0.15, 0.2) is 6.29 Å². The number of rotatable bonds is 21. The van der Waals surface area contributed by atoms with Crippen LogP contribution in [0.5, 0.6) is 17.2 Å². The van der Waals surface area contributed by atoms with Crippen LogP contribution in [0.25, 0.3) is 21.3 Å². The van der Waals surface area contributed by atoms with E-state index in [4.69, 9.17) is 18.9 Å². The smallest absolute Gasteiger partial charge is 0.330 e. The monoisotopic (exact) mass is 775 g/mol. The van der Waals surface area contributed by atoms with E-state index in [9.17, 15) is 9.90 Å². The fourth-order valence-corrected chi connectivity index (χ4v) is 7.72. The van der Waals surface area contributed by atoms with Gasteiger partial charge in [0.05, 0.1) is 36.3 Å². The molecule has 6 rings (SSSR count). The van der Waals surface area contributed by atoms with E-state index in [1.54, 1.807) is 11.3 Å². The number of benzene rings is 4. The number of aliphatic hydroxyl groups is 1. The third kappa shape index (κ3) is 12.2. The molecule has 1 fully saturated rings. The van der Waals surface area contributed by atoms with Crippen LogP contribution >= 0.6 is 11.3 Å². The van der Waals surface area contributed by atoms with Crippen molar-refractivity contribution in [2.75, 3.05) is 25.2 Å². The van der Waals surface area contributed by atoms with Crippen LogP contribution in [0, 0.1) is 11.8 Å². The second kappa shape index (κ2) is 21.2. The van der Waals surface area contributed by atoms with Crippen molar-refractivity contribution in [1.82, 2.24) is 4.98 Å². The fourth-order valence-electron chi connectivity index (χ4n) is 6.90. The number of aryl methyl sites for hydroxylation is 1. The Morgan fingerprint density at radius 1 is 0.911 bits per heavy atom. The summed E-state index contributed by atoms with van der Waals surface area (Å²) in [4.78, 5) is 15.7. The average molecular weight is 776 g/mol. The summed E-state index contributed by atoms with van der Waals surface area (Å²) >= 11 is 1.58. The zero-order valence-electron chi connectivity index (χ0n) is 32.2. The number of hydrazone groups is 1. The van der Waals surface area contributed by atoms with E-state index in [0.717, 1.165) is 108 Å². The van der Waals surface area contributed by atoms with Gasteiger partial charge in [-0.3, -0.25) is 5.43 Å². The van der Waals surface area contributed by atoms with Crippen molar-refractivity contribution < 1.29 is 28.8 Å². The zero-order valence-corrected chi connectivity index (χ0v) is 33.1. The predicted molar refractivity (Wildman–Crippen MR) is 226 cm³/mol. The summed E-state index contributed by atoms with van der Waals surface area (Å²) < 4.78 is 24.3. The van der Waals surface area contributed by atoms with Gasteiger partial charge in [-0.15, -0.1) is 0 Å². The van der Waals surface area contributed by atoms with Crippen molar-refractivity contribution in [3.63, 3.8) is 0 Å². The normalized spacial score (nSPS) is 16.0. The first-order chi connectivity index (χ1) is 27.5. The number of fused-ring (bicyclic) bond motifs is 1. The second-order valence-electron chi connectivity index (χ2n) is 14.3. The first-order valence-corrected chi connectivity index (χ1v) is 20.7. The first-order valence-electron chi connectivity index (χ1n) is 19.8. The Balaban J connectivity index is 0.956. The molecule has 0 spiro atoms. The van der Waals surface area contributed by atoms with Gasteiger partial charge in [-0.1, -0.05) is 73.7 Å². The molecule has 1 aliphatic carbocycles. The number of thiazole rings is 1. The van der Waals surface area contributed by atoms with Gasteiger partial charge < -0.3 is 24.1 Å². The number of hydrogen-bond donors (Lipinski definition) is 2. The standard InChI is InChI=1S/C46H53N3O6S/c1-3-11-33-14-18-35(19-15-33)41-27-26-40(30-37(41)31-47-49-46-48-42-12-7-8-13-43(42)56-46)54-32-34-16-20-36(21-17-34)45(51)55-39-24-22-38(23-25-39)52-28-9-5-6-10-29-53-44(50)4-2/h4,7-8,12-15,18-19,22-27,30-31,34,36,45,51H,2-3,5-6,9-11,16-17,20-21,28-29,32H2,1H3,(H,48,49)/b47-31+. The molecule has 56 heavy (non-hydrogen) atoms. The fraction of sp³-hybridized carbons (Fsp3) is 0.370. The van der Waals surface area contributed by atoms with E-state index < -0.39 is 6.29 Å². The van der Waals surface area contributed by atoms with E-state index >= 15 is 0 Å². The lowest BCUT2D eigenvalue weighted by atomic mass is 9.82. The van der Waals surface area contributed by atoms with E-state index in [1.807, 2.05) is 54.7 Å². The summed E-state index contributed by atoms with van der Waals surface area (Å²) in [6.45, 7) is 7.24. The Bertz CT molecular complexity index is 1970. The molecule has 1 aromatic heterocycles. The maximum atomic E-state index is 11.1. The Hall–Kier alpha value is -5.19. The van der Waals surface area contributed by atoms with Gasteiger partial charge in [-0.2, -0.15) is 5.10 Å². The number of aliphatic hydroxyl groups excluding tert-OH is 1. The molecule has 2 N–H and O–H groups in total. The minimum atomic E-state index is -0.865. The maximum absolute atomic E-state index is 11.1. The largest absolute Gasteiger partial charge is 0.494 e. The van der Waals surface area contributed by atoms with Crippen molar-refractivity contribution in [2.45, 2.75) is 77.4 Å². The van der Waals surface area contributed by atoms with Crippen LogP contribution < -0.4 is 19.6 Å². The molecule has 0 bridgehead atoms. The van der Waals surface area contributed by atoms with Crippen molar-refractivity contribution in [3.8, 4) is 28.4 Å². The van der Waals surface area contributed by atoms with Crippen molar-refractivity contribution >= 4 is 38.9 Å². The molecular formula is C46H53N3O6S. The number of aromatic nitrogens is 1. The molecule has 1 saturated carbocycles. The van der Waals surface area contributed by atoms with E-state index in [2.05, 4.69) is 71.5 Å². The summed E-state index contributed by atoms with van der Waals surface area (Å²) in [5.41, 5.74) is 8.59. The molecule has 1 atom stereocenters. The number of carbonyl (C=O) groups is 1. The molecule has 1 aliphatic rings. The minimum Gasteiger partial charge on any atom is -0.494 e. The number of carbonyl (C=O) groups excluding carboxylic acids is 1. The molecule has 1 unspecified atom stereocenters. The Labute approximate surface area is 334 Å². The number of para-hydroxylation sites is 1. The number of nitrogens with one attached hydrogen (secondary N) is 1. The predicted octanol–water partition coefficient (Wildman–Crippen LogP) is 10.6. The number of anilines is 1. The Morgan fingerprint density at radius 2 is 1.64 bits per heavy atom. The lowest BCUT2D eigenvalue weighted by molar-refractivity contribution is -0.137. The maximum Gasteiger partial charge on any atom is 0.330 e. The highest BCUT2D eigenvalue weighted by Crippen LogP contribution is 2.34. The number of ether oxygens (including phenoxy) is 4. The van der Waals surface area contributed by atoms with Crippen molar-refractivity contribution in [3.05, 3.63) is 115 Å². The number of hydrogen-bond acceptors (Lipinski definition) is 10. The number of unbranched alkanes of at least 4 members (excludes halogenated alkanes) is 3. The van der Waals surface area contributed by atoms with Crippen molar-refractivity contribution in [1.29, 1.82) is 0 Å². The number of esters is 1. The van der Waals surface area contributed by atoms with E-state index in [-0.39, 0.29) is 11.9 Å². The summed E-state index contributed by atoms with van der Waals surface area (Å²) in [6, 6.07) is 30.5. The lowest BCUT2D eigenvalue weighted by Crippen LogP contribution is -2.31. The van der Waals surface area contributed by atoms with Gasteiger partial charge in [0.2, 0.25) is 5.13 Å². The molecule has 10 heteroatoms. The summed E-state index contributed by atoms with van der Waals surface area (Å²) in [6.07, 6.45) is 11.7. The van der Waals surface area contributed by atoms with Gasteiger partial charge in [-0.05, 0) is 129 Å². The molecule has 4 aromatic carbocycles. The molecular weight excluding hydrogens is 723 g/mol. The van der Waals surface area contributed by atoms with Crippen LogP contribution in [0.3, 0.4) is 0 Å². The van der Waals surface area contributed by atoms with Gasteiger partial charge in [-0.25, -0.2) is 9.78 Å². The molecule has 1 heterocycles. The number of nitrogens with zero attached hydrogens (tertiary/aromatic N) is 2. The molecule has 294 valence electrons. The summed E-state index contributed by atoms with van der Waals surface area (Å²) in [5.74, 6) is 2.28. The first kappa shape index (κ1) is 40.5. The molecule has 0 saturated heterocycles. The lowest BCUT2D eigenvalue weighted by Gasteiger charge is -2.31. The van der Waals surface area contributed by atoms with Crippen LogP contribution in [0.2, 0.25) is 0 Å². The SMILES string of the molecule is C=CC(=O)OCCCCCCOc1ccc(OC(O)C2CCC(COc3ccc(-c4ccc(CCC)cc4)c(/C=N/Nc4nc5ccccc5s4)c3)CC2)cc1.